The highest BCUT2D eigenvalue weighted by molar-refractivity contribution is 5.94. The molecule has 1 amide bonds. The number of hydrogen-bond acceptors (Lipinski definition) is 3. The zero-order chi connectivity index (χ0) is 15.8. The zero-order valence-corrected chi connectivity index (χ0v) is 12.4. The van der Waals surface area contributed by atoms with Crippen LogP contribution in [0.3, 0.4) is 0 Å². The van der Waals surface area contributed by atoms with Crippen molar-refractivity contribution in [1.29, 1.82) is 0 Å². The van der Waals surface area contributed by atoms with Gasteiger partial charge in [0, 0.05) is 6.08 Å². The van der Waals surface area contributed by atoms with Gasteiger partial charge in [-0.25, -0.2) is 9.18 Å². The van der Waals surface area contributed by atoms with E-state index in [9.17, 15) is 14.0 Å². The van der Waals surface area contributed by atoms with Crippen LogP contribution >= 0.6 is 0 Å². The number of nitrogens with one attached hydrogen (secondary N) is 1. The van der Waals surface area contributed by atoms with Gasteiger partial charge in [0.15, 0.2) is 0 Å². The predicted octanol–water partition coefficient (Wildman–Crippen LogP) is 2.54. The van der Waals surface area contributed by atoms with Gasteiger partial charge >= 0.3 is 5.97 Å². The van der Waals surface area contributed by atoms with Crippen LogP contribution in [0.15, 0.2) is 30.3 Å². The molecule has 4 nitrogen and oxygen atoms in total. The van der Waals surface area contributed by atoms with E-state index in [-0.39, 0.29) is 11.7 Å². The minimum Gasteiger partial charge on any atom is -0.467 e. The molecule has 1 atom stereocenters. The fraction of sp³-hybridized carbons (Fsp3) is 0.375. The molecule has 1 N–H and O–H groups in total. The Bertz CT molecular complexity index is 509. The van der Waals surface area contributed by atoms with Gasteiger partial charge in [-0.05, 0) is 36.1 Å². The molecular formula is C16H20FNO3. The maximum Gasteiger partial charge on any atom is 0.328 e. The minimum atomic E-state index is -0.666. The Morgan fingerprint density at radius 1 is 1.29 bits per heavy atom. The van der Waals surface area contributed by atoms with E-state index in [0.717, 1.165) is 0 Å². The first kappa shape index (κ1) is 16.9. The fourth-order valence-corrected chi connectivity index (χ4v) is 1.79. The van der Waals surface area contributed by atoms with E-state index in [1.165, 1.54) is 25.3 Å². The van der Waals surface area contributed by atoms with Crippen LogP contribution in [-0.4, -0.2) is 25.0 Å². The molecule has 0 saturated heterocycles. The third kappa shape index (κ3) is 6.21. The first-order valence-electron chi connectivity index (χ1n) is 6.74. The zero-order valence-electron chi connectivity index (χ0n) is 12.4. The van der Waals surface area contributed by atoms with Crippen LogP contribution in [0.5, 0.6) is 0 Å². The number of halogens is 1. The second-order valence-electron chi connectivity index (χ2n) is 5.10. The SMILES string of the molecule is COC(=O)C(CC(C)C)NC(=O)/C=C/c1ccc(F)cc1. The van der Waals surface area contributed by atoms with E-state index in [0.29, 0.717) is 12.0 Å². The van der Waals surface area contributed by atoms with E-state index < -0.39 is 17.9 Å². The molecule has 21 heavy (non-hydrogen) atoms. The quantitative estimate of drug-likeness (QED) is 0.648. The Kier molecular flexibility index (Phi) is 6.59. The van der Waals surface area contributed by atoms with E-state index >= 15 is 0 Å². The van der Waals surface area contributed by atoms with Gasteiger partial charge in [-0.3, -0.25) is 4.79 Å². The Balaban J connectivity index is 2.64. The summed E-state index contributed by atoms with van der Waals surface area (Å²) in [5.41, 5.74) is 0.699. The number of carbonyl (C=O) groups is 2. The van der Waals surface area contributed by atoms with Crippen molar-refractivity contribution in [3.05, 3.63) is 41.7 Å². The lowest BCUT2D eigenvalue weighted by molar-refractivity contribution is -0.145. The van der Waals surface area contributed by atoms with Crippen LogP contribution < -0.4 is 5.32 Å². The van der Waals surface area contributed by atoms with Gasteiger partial charge in [-0.2, -0.15) is 0 Å². The van der Waals surface area contributed by atoms with Gasteiger partial charge in [-0.1, -0.05) is 26.0 Å². The van der Waals surface area contributed by atoms with Crippen molar-refractivity contribution >= 4 is 18.0 Å². The predicted molar refractivity (Wildman–Crippen MR) is 78.8 cm³/mol. The number of carbonyl (C=O) groups excluding carboxylic acids is 2. The minimum absolute atomic E-state index is 0.246. The van der Waals surface area contributed by atoms with Crippen molar-refractivity contribution < 1.29 is 18.7 Å². The van der Waals surface area contributed by atoms with E-state index in [1.54, 1.807) is 18.2 Å². The van der Waals surface area contributed by atoms with Crippen LogP contribution in [0.4, 0.5) is 4.39 Å². The first-order valence-corrected chi connectivity index (χ1v) is 6.74. The monoisotopic (exact) mass is 293 g/mol. The first-order chi connectivity index (χ1) is 9.92. The molecule has 0 aromatic heterocycles. The summed E-state index contributed by atoms with van der Waals surface area (Å²) < 4.78 is 17.4. The average Bonchev–Trinajstić information content (AvgIpc) is 2.44. The van der Waals surface area contributed by atoms with Crippen LogP contribution in [-0.2, 0) is 14.3 Å². The number of rotatable bonds is 6. The summed E-state index contributed by atoms with van der Waals surface area (Å²) in [5, 5.41) is 2.61. The molecule has 1 aromatic carbocycles. The number of benzene rings is 1. The third-order valence-electron chi connectivity index (χ3n) is 2.81. The Morgan fingerprint density at radius 3 is 2.43 bits per heavy atom. The molecule has 0 spiro atoms. The summed E-state index contributed by atoms with van der Waals surface area (Å²) in [4.78, 5) is 23.4. The highest BCUT2D eigenvalue weighted by atomic mass is 19.1. The van der Waals surface area contributed by atoms with Gasteiger partial charge in [0.25, 0.3) is 0 Å². The van der Waals surface area contributed by atoms with Gasteiger partial charge in [0.1, 0.15) is 11.9 Å². The van der Waals surface area contributed by atoms with Crippen molar-refractivity contribution in [2.45, 2.75) is 26.3 Å². The number of ether oxygens (including phenoxy) is 1. The molecule has 5 heteroatoms. The summed E-state index contributed by atoms with van der Waals surface area (Å²) in [5.74, 6) is -0.947. The lowest BCUT2D eigenvalue weighted by atomic mass is 10.0. The second-order valence-corrected chi connectivity index (χ2v) is 5.10. The number of methoxy groups -OCH3 is 1. The molecule has 1 aromatic rings. The van der Waals surface area contributed by atoms with Crippen LogP contribution in [0, 0.1) is 11.7 Å². The molecule has 0 aliphatic rings. The smallest absolute Gasteiger partial charge is 0.328 e. The topological polar surface area (TPSA) is 55.4 Å². The summed E-state index contributed by atoms with van der Waals surface area (Å²) in [6.45, 7) is 3.91. The molecule has 0 aliphatic heterocycles. The molecule has 0 radical (unpaired) electrons. The normalized spacial score (nSPS) is 12.4. The van der Waals surface area contributed by atoms with Crippen molar-refractivity contribution in [3.8, 4) is 0 Å². The molecule has 1 rings (SSSR count). The maximum atomic E-state index is 12.8. The largest absolute Gasteiger partial charge is 0.467 e. The average molecular weight is 293 g/mol. The number of amides is 1. The number of esters is 1. The summed E-state index contributed by atoms with van der Waals surface area (Å²) in [6.07, 6.45) is 3.37. The molecule has 0 heterocycles. The van der Waals surface area contributed by atoms with Gasteiger partial charge < -0.3 is 10.1 Å². The van der Waals surface area contributed by atoms with E-state index in [4.69, 9.17) is 0 Å². The highest BCUT2D eigenvalue weighted by Gasteiger charge is 2.21. The standard InChI is InChI=1S/C16H20FNO3/c1-11(2)10-14(16(20)21-3)18-15(19)9-6-12-4-7-13(17)8-5-12/h4-9,11,14H,10H2,1-3H3,(H,18,19)/b9-6+. The summed E-state index contributed by atoms with van der Waals surface area (Å²) in [6, 6.07) is 5.08. The van der Waals surface area contributed by atoms with Crippen LogP contribution in [0.2, 0.25) is 0 Å². The maximum absolute atomic E-state index is 12.8. The lowest BCUT2D eigenvalue weighted by Crippen LogP contribution is -2.41. The van der Waals surface area contributed by atoms with Crippen molar-refractivity contribution in [2.24, 2.45) is 5.92 Å². The van der Waals surface area contributed by atoms with Gasteiger partial charge in [-0.15, -0.1) is 0 Å². The molecule has 0 aliphatic carbocycles. The Labute approximate surface area is 124 Å². The molecule has 0 saturated carbocycles. The van der Waals surface area contributed by atoms with Gasteiger partial charge in [0.2, 0.25) is 5.91 Å². The third-order valence-corrected chi connectivity index (χ3v) is 2.81. The molecule has 0 fully saturated rings. The second kappa shape index (κ2) is 8.19. The van der Waals surface area contributed by atoms with Crippen molar-refractivity contribution in [1.82, 2.24) is 5.32 Å². The van der Waals surface area contributed by atoms with E-state index in [2.05, 4.69) is 10.1 Å². The van der Waals surface area contributed by atoms with Gasteiger partial charge in [0.05, 0.1) is 7.11 Å². The molecule has 1 unspecified atom stereocenters. The highest BCUT2D eigenvalue weighted by Crippen LogP contribution is 2.07. The molecule has 0 bridgehead atoms. The summed E-state index contributed by atoms with van der Waals surface area (Å²) in [7, 11) is 1.29. The Morgan fingerprint density at radius 2 is 1.90 bits per heavy atom. The number of hydrogen-bond donors (Lipinski definition) is 1. The van der Waals surface area contributed by atoms with Crippen molar-refractivity contribution in [3.63, 3.8) is 0 Å². The summed E-state index contributed by atoms with van der Waals surface area (Å²) >= 11 is 0. The van der Waals surface area contributed by atoms with Crippen molar-refractivity contribution in [2.75, 3.05) is 7.11 Å². The van der Waals surface area contributed by atoms with Crippen LogP contribution in [0.25, 0.3) is 6.08 Å². The van der Waals surface area contributed by atoms with Crippen LogP contribution in [0.1, 0.15) is 25.8 Å². The lowest BCUT2D eigenvalue weighted by Gasteiger charge is -2.17. The van der Waals surface area contributed by atoms with E-state index in [1.807, 2.05) is 13.8 Å². The molecule has 114 valence electrons. The molecular weight excluding hydrogens is 273 g/mol. The Hall–Kier alpha value is -2.17. The fourth-order valence-electron chi connectivity index (χ4n) is 1.79.